The first kappa shape index (κ1) is 25.3. The maximum Gasteiger partial charge on any atom is 0.358 e. The number of carboxylic acids is 1. The van der Waals surface area contributed by atoms with Gasteiger partial charge in [0.1, 0.15) is 16.8 Å². The molecule has 2 saturated heterocycles. The van der Waals surface area contributed by atoms with E-state index in [4.69, 9.17) is 19.6 Å². The Morgan fingerprint density at radius 2 is 2.05 bits per heavy atom. The molecule has 0 unspecified atom stereocenters. The number of anilines is 2. The number of thiazole rings is 1. The Hall–Kier alpha value is -3.01. The molecule has 0 amide bonds. The summed E-state index contributed by atoms with van der Waals surface area (Å²) in [6.07, 6.45) is 3.95. The first-order chi connectivity index (χ1) is 18.4. The van der Waals surface area contributed by atoms with Crippen LogP contribution in [0.1, 0.15) is 39.4 Å². The van der Waals surface area contributed by atoms with Crippen molar-refractivity contribution in [2.24, 2.45) is 5.41 Å². The average Bonchev–Trinajstić information content (AvgIpc) is 3.59. The Balaban J connectivity index is 0.000000285. The zero-order valence-electron chi connectivity index (χ0n) is 20.1. The minimum Gasteiger partial charge on any atom is -0.478 e. The number of ether oxygens (including phenoxy) is 2. The third kappa shape index (κ3) is 5.02. The summed E-state index contributed by atoms with van der Waals surface area (Å²) in [5.41, 5.74) is 3.43. The molecule has 1 aliphatic carbocycles. The molecule has 1 atom stereocenters. The van der Waals surface area contributed by atoms with Crippen LogP contribution in [0.5, 0.6) is 0 Å². The number of carbonyl (C=O) groups excluding carboxylic acids is 1. The number of hydrogen-bond acceptors (Lipinski definition) is 13. The Morgan fingerprint density at radius 1 is 1.24 bits per heavy atom. The van der Waals surface area contributed by atoms with Crippen LogP contribution in [0.2, 0.25) is 0 Å². The number of nitrogens with one attached hydrogen (secondary N) is 1. The Kier molecular flexibility index (Phi) is 6.84. The van der Waals surface area contributed by atoms with Gasteiger partial charge in [-0.25, -0.2) is 23.9 Å². The van der Waals surface area contributed by atoms with Crippen LogP contribution in [0.25, 0.3) is 0 Å². The number of fused-ring (bicyclic) bond motifs is 1. The molecule has 0 aromatic carbocycles. The van der Waals surface area contributed by atoms with Crippen molar-refractivity contribution in [2.45, 2.75) is 36.3 Å². The Morgan fingerprint density at radius 3 is 2.66 bits per heavy atom. The van der Waals surface area contributed by atoms with Gasteiger partial charge in [-0.3, -0.25) is 4.21 Å². The highest BCUT2D eigenvalue weighted by atomic mass is 32.2. The summed E-state index contributed by atoms with van der Waals surface area (Å²) in [5.74, 6) is 0.593. The molecular weight excluding hydrogens is 552 g/mol. The van der Waals surface area contributed by atoms with Crippen LogP contribution in [0.3, 0.4) is 0 Å². The molecule has 15 heteroatoms. The molecule has 0 bridgehead atoms. The van der Waals surface area contributed by atoms with E-state index in [0.29, 0.717) is 54.2 Å². The largest absolute Gasteiger partial charge is 0.478 e. The maximum absolute atomic E-state index is 12.5. The topological polar surface area (TPSA) is 157 Å². The fourth-order valence-corrected chi connectivity index (χ4v) is 7.19. The molecule has 3 fully saturated rings. The predicted octanol–water partition coefficient (Wildman–Crippen LogP) is 2.07. The zero-order chi connectivity index (χ0) is 26.3. The van der Waals surface area contributed by atoms with Crippen LogP contribution in [0.4, 0.5) is 11.8 Å². The summed E-state index contributed by atoms with van der Waals surface area (Å²) in [7, 11) is -1.05. The van der Waals surface area contributed by atoms with E-state index in [9.17, 15) is 13.8 Å². The van der Waals surface area contributed by atoms with Crippen molar-refractivity contribution in [1.82, 2.24) is 19.3 Å². The number of rotatable bonds is 6. The van der Waals surface area contributed by atoms with Gasteiger partial charge in [-0.15, -0.1) is 11.3 Å². The smallest absolute Gasteiger partial charge is 0.358 e. The number of hydrogen-bond donors (Lipinski definition) is 2. The van der Waals surface area contributed by atoms with E-state index in [0.717, 1.165) is 48.2 Å². The van der Waals surface area contributed by atoms with Gasteiger partial charge in [-0.05, 0) is 24.4 Å². The van der Waals surface area contributed by atoms with Gasteiger partial charge in [0.15, 0.2) is 5.69 Å². The van der Waals surface area contributed by atoms with Crippen molar-refractivity contribution in [1.29, 1.82) is 0 Å². The molecule has 38 heavy (non-hydrogen) atoms. The monoisotopic (exact) mass is 576 g/mol. The molecule has 7 rings (SSSR count). The number of esters is 1. The Bertz CT molecular complexity index is 1350. The summed E-state index contributed by atoms with van der Waals surface area (Å²) < 4.78 is 27.0. The van der Waals surface area contributed by atoms with Crippen molar-refractivity contribution in [3.05, 3.63) is 39.4 Å². The van der Waals surface area contributed by atoms with Crippen LogP contribution >= 0.6 is 22.9 Å². The van der Waals surface area contributed by atoms with Gasteiger partial charge in [-0.2, -0.15) is 4.98 Å². The predicted molar refractivity (Wildman–Crippen MR) is 140 cm³/mol. The van der Waals surface area contributed by atoms with E-state index in [2.05, 4.69) is 19.7 Å². The fraction of sp³-hybridized carbons (Fsp3) is 0.478. The molecule has 12 nitrogen and oxygen atoms in total. The molecule has 3 aliphatic heterocycles. The van der Waals surface area contributed by atoms with E-state index in [1.54, 1.807) is 10.9 Å². The second-order valence-electron chi connectivity index (χ2n) is 9.71. The van der Waals surface area contributed by atoms with Crippen LogP contribution in [0, 0.1) is 5.41 Å². The van der Waals surface area contributed by atoms with Gasteiger partial charge < -0.3 is 24.8 Å². The molecule has 1 saturated carbocycles. The van der Waals surface area contributed by atoms with Crippen LogP contribution in [0.15, 0.2) is 27.4 Å². The molecule has 4 aliphatic rings. The number of aryl methyl sites for hydroxylation is 1. The van der Waals surface area contributed by atoms with Crippen molar-refractivity contribution in [3.8, 4) is 0 Å². The highest BCUT2D eigenvalue weighted by Crippen LogP contribution is 2.48. The first-order valence-electron chi connectivity index (χ1n) is 12.0. The summed E-state index contributed by atoms with van der Waals surface area (Å²) >= 11 is 2.50. The number of carbonyl (C=O) groups is 2. The van der Waals surface area contributed by atoms with Gasteiger partial charge in [0.05, 0.1) is 60.1 Å². The number of aromatic carboxylic acids is 1. The van der Waals surface area contributed by atoms with Crippen molar-refractivity contribution >= 4 is 57.4 Å². The van der Waals surface area contributed by atoms with Crippen LogP contribution < -0.4 is 10.2 Å². The average molecular weight is 577 g/mol. The van der Waals surface area contributed by atoms with E-state index >= 15 is 0 Å². The first-order valence-corrected chi connectivity index (χ1v) is 15.1. The minimum atomic E-state index is -1.05. The summed E-state index contributed by atoms with van der Waals surface area (Å²) in [4.78, 5) is 38.2. The molecule has 6 heterocycles. The molecular formula is C23H24N6O6S3. The molecule has 200 valence electrons. The Labute approximate surface area is 228 Å². The zero-order valence-corrected chi connectivity index (χ0v) is 22.5. The third-order valence-corrected chi connectivity index (χ3v) is 9.55. The van der Waals surface area contributed by atoms with E-state index < -0.39 is 22.7 Å². The van der Waals surface area contributed by atoms with E-state index in [1.807, 2.05) is 4.90 Å². The van der Waals surface area contributed by atoms with Crippen LogP contribution in [-0.2, 0) is 26.7 Å². The number of aromatic nitrogens is 4. The van der Waals surface area contributed by atoms with E-state index in [-0.39, 0.29) is 11.7 Å². The summed E-state index contributed by atoms with van der Waals surface area (Å²) in [6, 6.07) is 0.335. The lowest BCUT2D eigenvalue weighted by molar-refractivity contribution is -0.159. The second-order valence-corrected chi connectivity index (χ2v) is 12.6. The standard InChI is InChI=1S/C19H21N5O4S2.C4H3NO2S/c25-17(14-7-29-10-20-14)28-12-5-24(6-12)18-22-13-1-2-30(26)15(13)16(23-18)21-11-3-19(4-11)8-27-9-19;6-4(7)3-1-5-8-2-3/h7,10-12H,1-6,8-9H2,(H,21,22,23);1-2H,(H,6,7)/t30-;/m1./s1. The normalized spacial score (nSPS) is 21.4. The van der Waals surface area contributed by atoms with Gasteiger partial charge >= 0.3 is 11.9 Å². The van der Waals surface area contributed by atoms with Gasteiger partial charge in [0, 0.05) is 34.4 Å². The maximum atomic E-state index is 12.5. The molecule has 2 N–H and O–H groups in total. The van der Waals surface area contributed by atoms with Crippen molar-refractivity contribution in [2.75, 3.05) is 42.3 Å². The fourth-order valence-electron chi connectivity index (χ4n) is 4.84. The van der Waals surface area contributed by atoms with E-state index in [1.165, 1.54) is 22.9 Å². The molecule has 3 aromatic rings. The second kappa shape index (κ2) is 10.3. The highest BCUT2D eigenvalue weighted by Gasteiger charge is 2.50. The highest BCUT2D eigenvalue weighted by molar-refractivity contribution is 7.85. The van der Waals surface area contributed by atoms with Gasteiger partial charge in [-0.1, -0.05) is 0 Å². The summed E-state index contributed by atoms with van der Waals surface area (Å²) in [6.45, 7) is 2.78. The van der Waals surface area contributed by atoms with Crippen LogP contribution in [-0.4, -0.2) is 84.8 Å². The quantitative estimate of drug-likeness (QED) is 0.413. The lowest BCUT2D eigenvalue weighted by Crippen LogP contribution is -2.56. The summed E-state index contributed by atoms with van der Waals surface area (Å²) in [5, 5.41) is 14.9. The van der Waals surface area contributed by atoms with Crippen molar-refractivity contribution in [3.63, 3.8) is 0 Å². The van der Waals surface area contributed by atoms with Crippen molar-refractivity contribution < 1.29 is 28.4 Å². The lowest BCUT2D eigenvalue weighted by atomic mass is 9.64. The number of nitrogens with zero attached hydrogens (tertiary/aromatic N) is 5. The molecule has 1 spiro atoms. The van der Waals surface area contributed by atoms with Gasteiger partial charge in [0.25, 0.3) is 0 Å². The molecule has 0 radical (unpaired) electrons. The lowest BCUT2D eigenvalue weighted by Gasteiger charge is -2.53. The number of carboxylic acid groups (broad SMARTS) is 1. The SMILES string of the molecule is O=C(O)c1cnsc1.O=C(OC1CN(c2nc3c(c(NC4CC5(COC5)C4)n2)[S@](=O)CC3)C1)c1cscn1. The molecule has 3 aromatic heterocycles. The van der Waals surface area contributed by atoms with Gasteiger partial charge in [0.2, 0.25) is 5.95 Å². The minimum absolute atomic E-state index is 0.202. The third-order valence-electron chi connectivity index (χ3n) is 6.92.